The van der Waals surface area contributed by atoms with Gasteiger partial charge >= 0.3 is 23.9 Å². The highest BCUT2D eigenvalue weighted by atomic mass is 16.5. The van der Waals surface area contributed by atoms with E-state index in [0.717, 1.165) is 14.2 Å². The summed E-state index contributed by atoms with van der Waals surface area (Å²) in [7, 11) is 4.69. The second-order valence-corrected chi connectivity index (χ2v) is 8.23. The molecule has 2 heterocycles. The van der Waals surface area contributed by atoms with Gasteiger partial charge in [-0.15, -0.1) is 0 Å². The first-order valence-corrected chi connectivity index (χ1v) is 11.3. The van der Waals surface area contributed by atoms with Crippen molar-refractivity contribution in [1.29, 1.82) is 0 Å². The van der Waals surface area contributed by atoms with Crippen LogP contribution in [0.4, 0.5) is 0 Å². The summed E-state index contributed by atoms with van der Waals surface area (Å²) in [6.07, 6.45) is 0. The summed E-state index contributed by atoms with van der Waals surface area (Å²) in [5.41, 5.74) is -1.05. The number of fused-ring (bicyclic) bond motifs is 1. The maximum atomic E-state index is 13.6. The molecule has 4 rings (SSSR count). The number of hydrazine groups is 1. The van der Waals surface area contributed by atoms with Crippen molar-refractivity contribution in [3.63, 3.8) is 0 Å². The van der Waals surface area contributed by atoms with E-state index in [2.05, 4.69) is 0 Å². The molecule has 2 aromatic carbocycles. The number of benzene rings is 2. The molecule has 0 radical (unpaired) electrons. The zero-order valence-corrected chi connectivity index (χ0v) is 21.0. The molecule has 0 spiro atoms. The maximum absolute atomic E-state index is 13.6. The molecular weight excluding hydrogens is 480 g/mol. The molecular formula is C27H26N2O8. The lowest BCUT2D eigenvalue weighted by Gasteiger charge is -2.43. The van der Waals surface area contributed by atoms with Gasteiger partial charge < -0.3 is 18.9 Å². The van der Waals surface area contributed by atoms with Gasteiger partial charge in [-0.3, -0.25) is 5.01 Å². The van der Waals surface area contributed by atoms with Gasteiger partial charge in [0, 0.05) is 0 Å². The summed E-state index contributed by atoms with van der Waals surface area (Å²) in [6.45, 7) is 1.67. The third kappa shape index (κ3) is 3.60. The van der Waals surface area contributed by atoms with E-state index in [1.807, 2.05) is 12.1 Å². The molecule has 10 heteroatoms. The number of hydrogen-bond donors (Lipinski definition) is 0. The lowest BCUT2D eigenvalue weighted by molar-refractivity contribution is -0.143. The Labute approximate surface area is 213 Å². The fraction of sp³-hybridized carbons (Fsp3) is 0.259. The second-order valence-electron chi connectivity index (χ2n) is 8.23. The number of carbonyl (C=O) groups excluding carboxylic acids is 4. The van der Waals surface area contributed by atoms with Crippen molar-refractivity contribution >= 4 is 23.9 Å². The van der Waals surface area contributed by atoms with Gasteiger partial charge in [0.15, 0.2) is 11.4 Å². The number of hydrogen-bond acceptors (Lipinski definition) is 10. The zero-order chi connectivity index (χ0) is 26.9. The molecule has 0 saturated carbocycles. The van der Waals surface area contributed by atoms with E-state index in [1.54, 1.807) is 60.5 Å². The third-order valence-corrected chi connectivity index (χ3v) is 6.56. The van der Waals surface area contributed by atoms with Gasteiger partial charge in [0.25, 0.3) is 0 Å². The van der Waals surface area contributed by atoms with Crippen molar-refractivity contribution in [2.24, 2.45) is 0 Å². The molecule has 2 aliphatic heterocycles. The van der Waals surface area contributed by atoms with Crippen LogP contribution in [0.25, 0.3) is 0 Å². The minimum atomic E-state index is -1.52. The number of esters is 4. The van der Waals surface area contributed by atoms with Crippen molar-refractivity contribution < 1.29 is 38.1 Å². The minimum Gasteiger partial charge on any atom is -0.466 e. The number of nitrogens with zero attached hydrogens (tertiary/aromatic N) is 2. The Morgan fingerprint density at radius 2 is 1.08 bits per heavy atom. The summed E-state index contributed by atoms with van der Waals surface area (Å²) in [5, 5.41) is 2.84. The first-order valence-electron chi connectivity index (χ1n) is 11.3. The van der Waals surface area contributed by atoms with Crippen molar-refractivity contribution in [2.75, 3.05) is 28.4 Å². The van der Waals surface area contributed by atoms with E-state index in [4.69, 9.17) is 18.9 Å². The fourth-order valence-corrected chi connectivity index (χ4v) is 5.15. The molecule has 192 valence electrons. The molecule has 2 aromatic rings. The first-order chi connectivity index (χ1) is 17.8. The Morgan fingerprint density at radius 1 is 0.649 bits per heavy atom. The Balaban J connectivity index is 2.24. The molecule has 0 saturated heterocycles. The van der Waals surface area contributed by atoms with Gasteiger partial charge in [0.05, 0.1) is 40.1 Å². The standard InChI is InChI=1S/C27H26N2O8/c1-16-19(23(30)34-2)21(25(32)36-4)28-22(26(33)37-5)20(24(31)35-3)27(29(16)28,17-12-8-6-9-13-17)18-14-10-7-11-15-18/h6-16H,1-5H3. The van der Waals surface area contributed by atoms with Gasteiger partial charge in [-0.25, -0.2) is 19.2 Å². The molecule has 0 aliphatic carbocycles. The Kier molecular flexibility index (Phi) is 6.86. The topological polar surface area (TPSA) is 112 Å². The van der Waals surface area contributed by atoms with Crippen LogP contribution >= 0.6 is 0 Å². The number of carbonyl (C=O) groups is 4. The van der Waals surface area contributed by atoms with E-state index >= 15 is 0 Å². The minimum absolute atomic E-state index is 0.0455. The second kappa shape index (κ2) is 9.90. The van der Waals surface area contributed by atoms with Crippen LogP contribution in [0, 0.1) is 0 Å². The van der Waals surface area contributed by atoms with E-state index in [0.29, 0.717) is 11.1 Å². The van der Waals surface area contributed by atoms with Gasteiger partial charge in [-0.2, -0.15) is 5.01 Å². The fourth-order valence-electron chi connectivity index (χ4n) is 5.15. The Morgan fingerprint density at radius 3 is 1.51 bits per heavy atom. The third-order valence-electron chi connectivity index (χ3n) is 6.56. The Bertz CT molecular complexity index is 1280. The van der Waals surface area contributed by atoms with E-state index in [9.17, 15) is 19.2 Å². The first kappa shape index (κ1) is 25.6. The van der Waals surface area contributed by atoms with E-state index in [-0.39, 0.29) is 22.5 Å². The molecule has 1 atom stereocenters. The van der Waals surface area contributed by atoms with Gasteiger partial charge in [-0.1, -0.05) is 60.7 Å². The molecule has 0 amide bonds. The molecule has 0 N–H and O–H groups in total. The van der Waals surface area contributed by atoms with Crippen LogP contribution in [-0.2, 0) is 43.7 Å². The van der Waals surface area contributed by atoms with Crippen LogP contribution in [0.3, 0.4) is 0 Å². The van der Waals surface area contributed by atoms with E-state index < -0.39 is 35.5 Å². The highest BCUT2D eigenvalue weighted by molar-refractivity contribution is 6.08. The zero-order valence-electron chi connectivity index (χ0n) is 21.0. The lowest BCUT2D eigenvalue weighted by Crippen LogP contribution is -2.53. The SMILES string of the molecule is COC(=O)C1=C(C(=O)OC)N2C(C(=O)OC)=C(C(=O)OC)C(c3ccccc3)(c3ccccc3)N2C1C. The number of rotatable bonds is 6. The summed E-state index contributed by atoms with van der Waals surface area (Å²) >= 11 is 0. The van der Waals surface area contributed by atoms with Crippen LogP contribution in [0.2, 0.25) is 0 Å². The molecule has 1 unspecified atom stereocenters. The predicted molar refractivity (Wildman–Crippen MR) is 129 cm³/mol. The average molecular weight is 507 g/mol. The summed E-state index contributed by atoms with van der Waals surface area (Å²) in [4.78, 5) is 53.2. The molecule has 10 nitrogen and oxygen atoms in total. The van der Waals surface area contributed by atoms with Crippen molar-refractivity contribution in [2.45, 2.75) is 18.5 Å². The van der Waals surface area contributed by atoms with Crippen LogP contribution in [-0.4, -0.2) is 68.4 Å². The summed E-state index contributed by atoms with van der Waals surface area (Å²) < 4.78 is 20.3. The normalized spacial score (nSPS) is 18.4. The van der Waals surface area contributed by atoms with Crippen molar-refractivity contribution in [3.8, 4) is 0 Å². The van der Waals surface area contributed by atoms with Crippen molar-refractivity contribution in [1.82, 2.24) is 10.0 Å². The molecule has 37 heavy (non-hydrogen) atoms. The smallest absolute Gasteiger partial charge is 0.356 e. The number of ether oxygens (including phenoxy) is 4. The largest absolute Gasteiger partial charge is 0.466 e. The average Bonchev–Trinajstić information content (AvgIpc) is 3.43. The highest BCUT2D eigenvalue weighted by Crippen LogP contribution is 2.56. The van der Waals surface area contributed by atoms with Crippen molar-refractivity contribution in [3.05, 3.63) is 94.3 Å². The Hall–Kier alpha value is -4.44. The lowest BCUT2D eigenvalue weighted by atomic mass is 9.75. The number of methoxy groups -OCH3 is 4. The molecule has 2 aliphatic rings. The summed E-state index contributed by atoms with van der Waals surface area (Å²) in [6, 6.07) is 17.0. The van der Waals surface area contributed by atoms with Crippen LogP contribution < -0.4 is 0 Å². The maximum Gasteiger partial charge on any atom is 0.356 e. The van der Waals surface area contributed by atoms with Crippen LogP contribution in [0.1, 0.15) is 18.1 Å². The van der Waals surface area contributed by atoms with Gasteiger partial charge in [0.1, 0.15) is 11.1 Å². The highest BCUT2D eigenvalue weighted by Gasteiger charge is 2.65. The molecule has 0 bridgehead atoms. The predicted octanol–water partition coefficient (Wildman–Crippen LogP) is 2.07. The molecule has 0 aromatic heterocycles. The molecule has 0 fully saturated rings. The monoisotopic (exact) mass is 506 g/mol. The van der Waals surface area contributed by atoms with Crippen LogP contribution in [0.5, 0.6) is 0 Å². The summed E-state index contributed by atoms with van der Waals surface area (Å²) in [5.74, 6) is -3.43. The van der Waals surface area contributed by atoms with Gasteiger partial charge in [0.2, 0.25) is 0 Å². The quantitative estimate of drug-likeness (QED) is 0.426. The van der Waals surface area contributed by atoms with E-state index in [1.165, 1.54) is 19.2 Å². The van der Waals surface area contributed by atoms with Crippen LogP contribution in [0.15, 0.2) is 83.2 Å². The van der Waals surface area contributed by atoms with Gasteiger partial charge in [-0.05, 0) is 18.1 Å².